The second kappa shape index (κ2) is 10.4. The van der Waals surface area contributed by atoms with Gasteiger partial charge in [0.05, 0.1) is 11.3 Å². The highest BCUT2D eigenvalue weighted by Crippen LogP contribution is 2.24. The Hall–Kier alpha value is -2.13. The number of carbonyl (C=O) groups excluding carboxylic acids is 2. The van der Waals surface area contributed by atoms with Crippen LogP contribution in [0, 0.1) is 5.92 Å². The maximum Gasteiger partial charge on any atom is 0.258 e. The zero-order valence-electron chi connectivity index (χ0n) is 16.1. The summed E-state index contributed by atoms with van der Waals surface area (Å²) in [5.41, 5.74) is 5.52. The number of rotatable bonds is 10. The molecule has 2 rings (SSSR count). The van der Waals surface area contributed by atoms with Crippen LogP contribution >= 0.6 is 0 Å². The van der Waals surface area contributed by atoms with Gasteiger partial charge >= 0.3 is 0 Å². The summed E-state index contributed by atoms with van der Waals surface area (Å²) in [6, 6.07) is 6.49. The number of primary amides is 1. The van der Waals surface area contributed by atoms with Crippen molar-refractivity contribution in [3.05, 3.63) is 29.8 Å². The fraction of sp³-hybridized carbons (Fsp3) is 0.579. The van der Waals surface area contributed by atoms with Crippen LogP contribution in [0.2, 0.25) is 0 Å². The van der Waals surface area contributed by atoms with Crippen molar-refractivity contribution >= 4 is 21.8 Å². The van der Waals surface area contributed by atoms with Crippen LogP contribution in [0.1, 0.15) is 49.4 Å². The summed E-state index contributed by atoms with van der Waals surface area (Å²) in [4.78, 5) is 23.6. The van der Waals surface area contributed by atoms with Crippen molar-refractivity contribution in [2.75, 3.05) is 18.9 Å². The molecule has 9 heteroatoms. The Labute approximate surface area is 166 Å². The Morgan fingerprint density at radius 1 is 1.25 bits per heavy atom. The van der Waals surface area contributed by atoms with Gasteiger partial charge in [-0.2, -0.15) is 0 Å². The summed E-state index contributed by atoms with van der Waals surface area (Å²) in [7, 11) is -3.22. The Morgan fingerprint density at radius 3 is 2.71 bits per heavy atom. The number of amides is 2. The van der Waals surface area contributed by atoms with Gasteiger partial charge in [-0.05, 0) is 43.7 Å². The molecule has 1 saturated carbocycles. The van der Waals surface area contributed by atoms with Gasteiger partial charge in [0.1, 0.15) is 5.75 Å². The van der Waals surface area contributed by atoms with Crippen LogP contribution in [-0.2, 0) is 14.8 Å². The topological polar surface area (TPSA) is 128 Å². The Kier molecular flexibility index (Phi) is 8.25. The van der Waals surface area contributed by atoms with Gasteiger partial charge in [-0.3, -0.25) is 9.59 Å². The highest BCUT2D eigenvalue weighted by Gasteiger charge is 2.24. The highest BCUT2D eigenvalue weighted by atomic mass is 32.2. The third-order valence-electron chi connectivity index (χ3n) is 4.72. The Bertz CT molecular complexity index is 782. The molecule has 8 nitrogen and oxygen atoms in total. The number of benzene rings is 1. The van der Waals surface area contributed by atoms with Gasteiger partial charge in [-0.15, -0.1) is 0 Å². The van der Waals surface area contributed by atoms with Gasteiger partial charge in [-0.25, -0.2) is 13.1 Å². The third-order valence-corrected chi connectivity index (χ3v) is 6.28. The lowest BCUT2D eigenvalue weighted by molar-refractivity contribution is -0.124. The number of ether oxygens (including phenoxy) is 1. The molecule has 1 aromatic carbocycles. The van der Waals surface area contributed by atoms with Crippen LogP contribution in [-0.4, -0.2) is 45.2 Å². The molecule has 28 heavy (non-hydrogen) atoms. The largest absolute Gasteiger partial charge is 0.483 e. The fourth-order valence-electron chi connectivity index (χ4n) is 3.40. The quantitative estimate of drug-likeness (QED) is 0.532. The van der Waals surface area contributed by atoms with Crippen molar-refractivity contribution in [2.24, 2.45) is 11.7 Å². The smallest absolute Gasteiger partial charge is 0.258 e. The van der Waals surface area contributed by atoms with Crippen molar-refractivity contribution in [3.8, 4) is 5.75 Å². The van der Waals surface area contributed by atoms with Crippen LogP contribution in [0.5, 0.6) is 5.75 Å². The monoisotopic (exact) mass is 411 g/mol. The van der Waals surface area contributed by atoms with E-state index in [1.54, 1.807) is 24.3 Å². The van der Waals surface area contributed by atoms with E-state index < -0.39 is 15.9 Å². The Balaban J connectivity index is 1.80. The van der Waals surface area contributed by atoms with Gasteiger partial charge in [0.2, 0.25) is 10.0 Å². The van der Waals surface area contributed by atoms with E-state index in [1.807, 2.05) is 6.92 Å². The van der Waals surface area contributed by atoms with Crippen molar-refractivity contribution < 1.29 is 22.7 Å². The SMILES string of the molecule is CCCS(=O)(=O)NC[C@@H]1CCC[C@H](NC(=O)COc2ccccc2C(N)=O)C1. The lowest BCUT2D eigenvalue weighted by Crippen LogP contribution is -2.43. The summed E-state index contributed by atoms with van der Waals surface area (Å²) >= 11 is 0. The van der Waals surface area contributed by atoms with Crippen molar-refractivity contribution in [3.63, 3.8) is 0 Å². The zero-order valence-corrected chi connectivity index (χ0v) is 17.0. The first-order valence-corrected chi connectivity index (χ1v) is 11.2. The van der Waals surface area contributed by atoms with Gasteiger partial charge in [-0.1, -0.05) is 25.5 Å². The van der Waals surface area contributed by atoms with Crippen LogP contribution in [0.4, 0.5) is 0 Å². The molecule has 156 valence electrons. The van der Waals surface area contributed by atoms with E-state index in [4.69, 9.17) is 10.5 Å². The molecule has 1 aliphatic rings. The van der Waals surface area contributed by atoms with Gasteiger partial charge in [0.25, 0.3) is 11.8 Å². The van der Waals surface area contributed by atoms with E-state index in [2.05, 4.69) is 10.0 Å². The molecule has 0 spiro atoms. The molecule has 1 aromatic rings. The number of para-hydroxylation sites is 1. The number of sulfonamides is 1. The molecule has 4 N–H and O–H groups in total. The normalized spacial score (nSPS) is 19.8. The van der Waals surface area contributed by atoms with Crippen LogP contribution < -0.4 is 20.5 Å². The van der Waals surface area contributed by atoms with Crippen molar-refractivity contribution in [1.82, 2.24) is 10.0 Å². The lowest BCUT2D eigenvalue weighted by atomic mass is 9.86. The first-order chi connectivity index (χ1) is 13.3. The predicted molar refractivity (Wildman–Crippen MR) is 106 cm³/mol. The zero-order chi connectivity index (χ0) is 20.6. The van der Waals surface area contributed by atoms with Crippen molar-refractivity contribution in [2.45, 2.75) is 45.1 Å². The van der Waals surface area contributed by atoms with Gasteiger partial charge in [0.15, 0.2) is 6.61 Å². The average Bonchev–Trinajstić information content (AvgIpc) is 2.65. The number of nitrogens with one attached hydrogen (secondary N) is 2. The first kappa shape index (κ1) is 22.2. The summed E-state index contributed by atoms with van der Waals surface area (Å²) < 4.78 is 31.7. The standard InChI is InChI=1S/C19H29N3O5S/c1-2-10-28(25,26)21-12-14-6-5-7-15(11-14)22-18(23)13-27-17-9-4-3-8-16(17)19(20)24/h3-4,8-9,14-15,21H,2,5-7,10-13H2,1H3,(H2,20,24)(H,22,23)/t14-,15+/m1/s1. The Morgan fingerprint density at radius 2 is 2.00 bits per heavy atom. The van der Waals surface area contributed by atoms with E-state index >= 15 is 0 Å². The van der Waals surface area contributed by atoms with E-state index in [-0.39, 0.29) is 41.5 Å². The molecule has 0 bridgehead atoms. The van der Waals surface area contributed by atoms with Gasteiger partial charge < -0.3 is 15.8 Å². The predicted octanol–water partition coefficient (Wildman–Crippen LogP) is 1.17. The van der Waals surface area contributed by atoms with E-state index in [9.17, 15) is 18.0 Å². The summed E-state index contributed by atoms with van der Waals surface area (Å²) in [6.45, 7) is 2.01. The number of carbonyl (C=O) groups is 2. The molecule has 0 aromatic heterocycles. The molecule has 2 amide bonds. The van der Waals surface area contributed by atoms with Gasteiger partial charge in [0, 0.05) is 12.6 Å². The maximum atomic E-state index is 12.2. The van der Waals surface area contributed by atoms with Crippen LogP contribution in [0.25, 0.3) is 0 Å². The third kappa shape index (κ3) is 7.12. The molecule has 0 saturated heterocycles. The molecule has 1 fully saturated rings. The summed E-state index contributed by atoms with van der Waals surface area (Å²) in [6.07, 6.45) is 4.01. The molecular weight excluding hydrogens is 382 g/mol. The minimum Gasteiger partial charge on any atom is -0.483 e. The fourth-order valence-corrected chi connectivity index (χ4v) is 4.57. The second-order valence-corrected chi connectivity index (χ2v) is 9.04. The maximum absolute atomic E-state index is 12.2. The number of hydrogen-bond acceptors (Lipinski definition) is 5. The number of hydrogen-bond donors (Lipinski definition) is 3. The summed E-state index contributed by atoms with van der Waals surface area (Å²) in [5.74, 6) is -0.295. The van der Waals surface area contributed by atoms with E-state index in [1.165, 1.54) is 0 Å². The van der Waals surface area contributed by atoms with E-state index in [0.717, 1.165) is 25.7 Å². The minimum absolute atomic E-state index is 0.0167. The minimum atomic E-state index is -3.22. The second-order valence-electron chi connectivity index (χ2n) is 7.11. The summed E-state index contributed by atoms with van der Waals surface area (Å²) in [5, 5.41) is 2.93. The average molecular weight is 412 g/mol. The lowest BCUT2D eigenvalue weighted by Gasteiger charge is -2.29. The first-order valence-electron chi connectivity index (χ1n) is 9.59. The molecule has 1 aliphatic carbocycles. The van der Waals surface area contributed by atoms with E-state index in [0.29, 0.717) is 13.0 Å². The molecule has 0 aliphatic heterocycles. The number of nitrogens with two attached hydrogens (primary N) is 1. The van der Waals surface area contributed by atoms with Crippen LogP contribution in [0.3, 0.4) is 0 Å². The molecule has 0 radical (unpaired) electrons. The molecular formula is C19H29N3O5S. The van der Waals surface area contributed by atoms with Crippen molar-refractivity contribution in [1.29, 1.82) is 0 Å². The van der Waals surface area contributed by atoms with Crippen LogP contribution in [0.15, 0.2) is 24.3 Å². The highest BCUT2D eigenvalue weighted by molar-refractivity contribution is 7.89. The molecule has 0 heterocycles. The molecule has 2 atom stereocenters. The molecule has 0 unspecified atom stereocenters.